The number of carbonyl (C=O) groups excluding carboxylic acids is 1. The highest BCUT2D eigenvalue weighted by molar-refractivity contribution is 7.10. The van der Waals surface area contributed by atoms with Gasteiger partial charge in [-0.25, -0.2) is 0 Å². The molecule has 0 aliphatic carbocycles. The molecule has 0 aliphatic rings. The highest BCUT2D eigenvalue weighted by Gasteiger charge is 2.11. The molecule has 6 heteroatoms. The second kappa shape index (κ2) is 6.29. The molecule has 1 aromatic heterocycles. The Morgan fingerprint density at radius 2 is 2.05 bits per heavy atom. The van der Waals surface area contributed by atoms with Crippen LogP contribution in [0.25, 0.3) is 0 Å². The molecule has 1 atom stereocenters. The Bertz CT molecular complexity index is 593. The van der Waals surface area contributed by atoms with E-state index in [2.05, 4.69) is 5.32 Å². The number of nitrogens with one attached hydrogen (secondary N) is 1. The maximum Gasteiger partial charge on any atom is 0.269 e. The molecule has 1 amide bonds. The summed E-state index contributed by atoms with van der Waals surface area (Å²) in [7, 11) is 0. The Morgan fingerprint density at radius 3 is 2.60 bits per heavy atom. The average molecular weight is 290 g/mol. The number of rotatable bonds is 5. The molecule has 1 aromatic carbocycles. The van der Waals surface area contributed by atoms with Gasteiger partial charge in [-0.05, 0) is 23.9 Å². The SMILES string of the molecule is CC(NC(=O)Cc1ccc([N+](=O)[O-])cc1)c1cccs1. The number of benzene rings is 1. The second-order valence-corrected chi connectivity index (χ2v) is 5.38. The van der Waals surface area contributed by atoms with Crippen molar-refractivity contribution in [2.45, 2.75) is 19.4 Å². The van der Waals surface area contributed by atoms with Crippen LogP contribution >= 0.6 is 11.3 Å². The second-order valence-electron chi connectivity index (χ2n) is 4.40. The number of non-ortho nitro benzene ring substituents is 1. The molecule has 2 aromatic rings. The zero-order valence-corrected chi connectivity index (χ0v) is 11.7. The van der Waals surface area contributed by atoms with E-state index < -0.39 is 4.92 Å². The quantitative estimate of drug-likeness (QED) is 0.679. The molecule has 1 unspecified atom stereocenters. The first-order chi connectivity index (χ1) is 9.56. The molecular formula is C14H14N2O3S. The molecule has 0 bridgehead atoms. The minimum absolute atomic E-state index is 0.0273. The highest BCUT2D eigenvalue weighted by Crippen LogP contribution is 2.18. The predicted molar refractivity (Wildman–Crippen MR) is 77.7 cm³/mol. The molecule has 0 aliphatic heterocycles. The largest absolute Gasteiger partial charge is 0.348 e. The third kappa shape index (κ3) is 3.64. The van der Waals surface area contributed by atoms with Crippen molar-refractivity contribution in [3.63, 3.8) is 0 Å². The van der Waals surface area contributed by atoms with E-state index in [4.69, 9.17) is 0 Å². The predicted octanol–water partition coefficient (Wildman–Crippen LogP) is 3.08. The van der Waals surface area contributed by atoms with Gasteiger partial charge in [0.05, 0.1) is 17.4 Å². The number of amides is 1. The number of nitro benzene ring substituents is 1. The molecule has 104 valence electrons. The summed E-state index contributed by atoms with van der Waals surface area (Å²) in [5.74, 6) is -0.0975. The first-order valence-corrected chi connectivity index (χ1v) is 7.00. The minimum atomic E-state index is -0.456. The summed E-state index contributed by atoms with van der Waals surface area (Å²) in [4.78, 5) is 23.1. The highest BCUT2D eigenvalue weighted by atomic mass is 32.1. The van der Waals surface area contributed by atoms with Crippen molar-refractivity contribution in [3.05, 3.63) is 62.3 Å². The van der Waals surface area contributed by atoms with Crippen LogP contribution in [0.15, 0.2) is 41.8 Å². The summed E-state index contributed by atoms with van der Waals surface area (Å²) in [5.41, 5.74) is 0.785. The molecule has 20 heavy (non-hydrogen) atoms. The van der Waals surface area contributed by atoms with Gasteiger partial charge in [-0.1, -0.05) is 18.2 Å². The molecular weight excluding hydrogens is 276 g/mol. The van der Waals surface area contributed by atoms with E-state index in [1.165, 1.54) is 12.1 Å². The summed E-state index contributed by atoms with van der Waals surface area (Å²) in [6.07, 6.45) is 0.216. The monoisotopic (exact) mass is 290 g/mol. The average Bonchev–Trinajstić information content (AvgIpc) is 2.93. The van der Waals surface area contributed by atoms with Gasteiger partial charge >= 0.3 is 0 Å². The first kappa shape index (κ1) is 14.2. The third-order valence-corrected chi connectivity index (χ3v) is 3.91. The van der Waals surface area contributed by atoms with Gasteiger partial charge in [-0.3, -0.25) is 14.9 Å². The van der Waals surface area contributed by atoms with Gasteiger partial charge in [-0.15, -0.1) is 11.3 Å². The normalized spacial score (nSPS) is 11.8. The lowest BCUT2D eigenvalue weighted by Gasteiger charge is -2.12. The molecule has 0 saturated heterocycles. The van der Waals surface area contributed by atoms with Crippen molar-refractivity contribution in [2.24, 2.45) is 0 Å². The van der Waals surface area contributed by atoms with Crippen LogP contribution in [0.1, 0.15) is 23.4 Å². The maximum absolute atomic E-state index is 11.9. The van der Waals surface area contributed by atoms with Gasteiger partial charge in [-0.2, -0.15) is 0 Å². The van der Waals surface area contributed by atoms with Crippen molar-refractivity contribution in [1.29, 1.82) is 0 Å². The van der Waals surface area contributed by atoms with Crippen molar-refractivity contribution >= 4 is 22.9 Å². The van der Waals surface area contributed by atoms with Gasteiger partial charge in [0.25, 0.3) is 5.69 Å². The number of carbonyl (C=O) groups is 1. The van der Waals surface area contributed by atoms with Crippen molar-refractivity contribution < 1.29 is 9.72 Å². The summed E-state index contributed by atoms with van der Waals surface area (Å²) >= 11 is 1.59. The standard InChI is InChI=1S/C14H14N2O3S/c1-10(13-3-2-8-20-13)15-14(17)9-11-4-6-12(7-5-11)16(18)19/h2-8,10H,9H2,1H3,(H,15,17). The molecule has 1 N–H and O–H groups in total. The lowest BCUT2D eigenvalue weighted by molar-refractivity contribution is -0.384. The van der Waals surface area contributed by atoms with Crippen LogP contribution in [0.4, 0.5) is 5.69 Å². The van der Waals surface area contributed by atoms with Crippen LogP contribution in [0.3, 0.4) is 0 Å². The number of thiophene rings is 1. The van der Waals surface area contributed by atoms with Crippen molar-refractivity contribution in [2.75, 3.05) is 0 Å². The van der Waals surface area contributed by atoms with Gasteiger partial charge in [0.15, 0.2) is 0 Å². The Kier molecular flexibility index (Phi) is 4.47. The lowest BCUT2D eigenvalue weighted by Crippen LogP contribution is -2.27. The lowest BCUT2D eigenvalue weighted by atomic mass is 10.1. The van der Waals surface area contributed by atoms with E-state index in [1.54, 1.807) is 23.5 Å². The molecule has 0 saturated carbocycles. The molecule has 0 fully saturated rings. The van der Waals surface area contributed by atoms with Gasteiger partial charge in [0.1, 0.15) is 0 Å². The third-order valence-electron chi connectivity index (χ3n) is 2.86. The number of nitrogens with zero attached hydrogens (tertiary/aromatic N) is 1. The van der Waals surface area contributed by atoms with Crippen LogP contribution in [-0.2, 0) is 11.2 Å². The summed E-state index contributed by atoms with van der Waals surface area (Å²) in [6.45, 7) is 1.93. The zero-order chi connectivity index (χ0) is 14.5. The first-order valence-electron chi connectivity index (χ1n) is 6.12. The summed E-state index contributed by atoms with van der Waals surface area (Å²) in [6, 6.07) is 9.92. The van der Waals surface area contributed by atoms with Crippen molar-refractivity contribution in [3.8, 4) is 0 Å². The topological polar surface area (TPSA) is 72.2 Å². The van der Waals surface area contributed by atoms with E-state index in [-0.39, 0.29) is 24.1 Å². The number of hydrogen-bond acceptors (Lipinski definition) is 4. The minimum Gasteiger partial charge on any atom is -0.348 e. The molecule has 0 spiro atoms. The fourth-order valence-corrected chi connectivity index (χ4v) is 2.56. The van der Waals surface area contributed by atoms with Crippen LogP contribution in [0.5, 0.6) is 0 Å². The molecule has 0 radical (unpaired) electrons. The van der Waals surface area contributed by atoms with Crippen LogP contribution < -0.4 is 5.32 Å². The number of nitro groups is 1. The van der Waals surface area contributed by atoms with E-state index >= 15 is 0 Å². The Hall–Kier alpha value is -2.21. The smallest absolute Gasteiger partial charge is 0.269 e. The fourth-order valence-electron chi connectivity index (χ4n) is 1.82. The van der Waals surface area contributed by atoms with E-state index in [1.807, 2.05) is 24.4 Å². The van der Waals surface area contributed by atoms with Crippen molar-refractivity contribution in [1.82, 2.24) is 5.32 Å². The van der Waals surface area contributed by atoms with Crippen LogP contribution in [0.2, 0.25) is 0 Å². The summed E-state index contributed by atoms with van der Waals surface area (Å²) < 4.78 is 0. The molecule has 2 rings (SSSR count). The Balaban J connectivity index is 1.92. The van der Waals surface area contributed by atoms with Crippen LogP contribution in [-0.4, -0.2) is 10.8 Å². The Morgan fingerprint density at radius 1 is 1.35 bits per heavy atom. The zero-order valence-electron chi connectivity index (χ0n) is 10.9. The van der Waals surface area contributed by atoms with Gasteiger partial charge in [0, 0.05) is 17.0 Å². The van der Waals surface area contributed by atoms with Gasteiger partial charge in [0.2, 0.25) is 5.91 Å². The Labute approximate surface area is 120 Å². The number of hydrogen-bond donors (Lipinski definition) is 1. The van der Waals surface area contributed by atoms with Crippen LogP contribution in [0, 0.1) is 10.1 Å². The molecule has 5 nitrogen and oxygen atoms in total. The molecule has 1 heterocycles. The van der Waals surface area contributed by atoms with E-state index in [0.29, 0.717) is 0 Å². The fraction of sp³-hybridized carbons (Fsp3) is 0.214. The van der Waals surface area contributed by atoms with Gasteiger partial charge < -0.3 is 5.32 Å². The summed E-state index contributed by atoms with van der Waals surface area (Å²) in [5, 5.41) is 15.4. The maximum atomic E-state index is 11.9. The van der Waals surface area contributed by atoms with E-state index in [0.717, 1.165) is 10.4 Å². The van der Waals surface area contributed by atoms with E-state index in [9.17, 15) is 14.9 Å².